The molecule has 2 unspecified atom stereocenters. The predicted octanol–water partition coefficient (Wildman–Crippen LogP) is 2.27. The van der Waals surface area contributed by atoms with Crippen molar-refractivity contribution in [3.05, 3.63) is 16.1 Å². The standard InChI is InChI=1S/C18H29N5OS/c1-3-19-18(23-10-14-6-4-5-7-15(14)11-23)21-9-8-20-17(24)16-13(2)22-12-25-16/h12,14-15H,3-11H2,1-2H3,(H,19,21)(H,20,24). The van der Waals surface area contributed by atoms with Crippen LogP contribution in [0.25, 0.3) is 0 Å². The average Bonchev–Trinajstić information content (AvgIpc) is 3.23. The molecule has 25 heavy (non-hydrogen) atoms. The molecule has 2 fully saturated rings. The van der Waals surface area contributed by atoms with E-state index in [0.29, 0.717) is 18.0 Å². The van der Waals surface area contributed by atoms with E-state index in [1.54, 1.807) is 5.51 Å². The lowest BCUT2D eigenvalue weighted by Crippen LogP contribution is -2.41. The molecule has 3 rings (SSSR count). The largest absolute Gasteiger partial charge is 0.357 e. The van der Waals surface area contributed by atoms with Crippen molar-refractivity contribution in [3.8, 4) is 0 Å². The van der Waals surface area contributed by atoms with Crippen LogP contribution in [0.3, 0.4) is 0 Å². The molecule has 1 amide bonds. The Balaban J connectivity index is 1.50. The second-order valence-electron chi connectivity index (χ2n) is 6.97. The summed E-state index contributed by atoms with van der Waals surface area (Å²) in [6.45, 7) is 8.24. The number of nitrogens with zero attached hydrogens (tertiary/aromatic N) is 3. The second kappa shape index (κ2) is 8.65. The lowest BCUT2D eigenvalue weighted by atomic mass is 9.82. The van der Waals surface area contributed by atoms with Gasteiger partial charge in [-0.15, -0.1) is 11.3 Å². The first-order chi connectivity index (χ1) is 12.2. The van der Waals surface area contributed by atoms with Crippen LogP contribution in [0.15, 0.2) is 10.5 Å². The second-order valence-corrected chi connectivity index (χ2v) is 7.82. The number of hydrogen-bond donors (Lipinski definition) is 2. The minimum absolute atomic E-state index is 0.0487. The van der Waals surface area contributed by atoms with E-state index in [-0.39, 0.29) is 5.91 Å². The van der Waals surface area contributed by atoms with E-state index in [0.717, 1.165) is 43.1 Å². The highest BCUT2D eigenvalue weighted by Crippen LogP contribution is 2.35. The van der Waals surface area contributed by atoms with Gasteiger partial charge in [-0.25, -0.2) is 4.98 Å². The molecule has 1 aromatic heterocycles. The van der Waals surface area contributed by atoms with Gasteiger partial charge in [-0.05, 0) is 38.5 Å². The van der Waals surface area contributed by atoms with E-state index in [2.05, 4.69) is 27.4 Å². The number of thiazole rings is 1. The molecule has 1 aromatic rings. The summed E-state index contributed by atoms with van der Waals surface area (Å²) in [5, 5.41) is 6.36. The van der Waals surface area contributed by atoms with Crippen LogP contribution in [0.2, 0.25) is 0 Å². The number of likely N-dealkylation sites (tertiary alicyclic amines) is 1. The summed E-state index contributed by atoms with van der Waals surface area (Å²) in [5.41, 5.74) is 2.50. The molecule has 0 spiro atoms. The van der Waals surface area contributed by atoms with Crippen molar-refractivity contribution in [2.45, 2.75) is 39.5 Å². The number of aromatic nitrogens is 1. The Labute approximate surface area is 154 Å². The van der Waals surface area contributed by atoms with Crippen molar-refractivity contribution in [2.75, 3.05) is 32.7 Å². The SMILES string of the molecule is CCNC(=NCCNC(=O)c1scnc1C)N1CC2CCCCC2C1. The Kier molecular flexibility index (Phi) is 6.29. The number of aliphatic imine (C=N–C) groups is 1. The molecule has 2 heterocycles. The molecule has 1 aliphatic heterocycles. The lowest BCUT2D eigenvalue weighted by Gasteiger charge is -2.22. The van der Waals surface area contributed by atoms with Gasteiger partial charge in [0.1, 0.15) is 4.88 Å². The molecule has 1 saturated heterocycles. The van der Waals surface area contributed by atoms with E-state index in [9.17, 15) is 4.79 Å². The van der Waals surface area contributed by atoms with Gasteiger partial charge in [-0.2, -0.15) is 0 Å². The molecular weight excluding hydrogens is 334 g/mol. The molecule has 2 aliphatic rings. The lowest BCUT2D eigenvalue weighted by molar-refractivity contribution is 0.0958. The van der Waals surface area contributed by atoms with Gasteiger partial charge in [0.15, 0.2) is 5.96 Å². The number of amides is 1. The summed E-state index contributed by atoms with van der Waals surface area (Å²) >= 11 is 1.38. The Morgan fingerprint density at radius 2 is 2.04 bits per heavy atom. The van der Waals surface area contributed by atoms with Crippen LogP contribution in [0, 0.1) is 18.8 Å². The predicted molar refractivity (Wildman–Crippen MR) is 102 cm³/mol. The quantitative estimate of drug-likeness (QED) is 0.478. The smallest absolute Gasteiger partial charge is 0.263 e. The minimum Gasteiger partial charge on any atom is -0.357 e. The van der Waals surface area contributed by atoms with Gasteiger partial charge >= 0.3 is 0 Å². The van der Waals surface area contributed by atoms with E-state index in [4.69, 9.17) is 4.99 Å². The number of carbonyl (C=O) groups is 1. The minimum atomic E-state index is -0.0487. The molecular formula is C18H29N5OS. The maximum absolute atomic E-state index is 12.1. The first kappa shape index (κ1) is 18.2. The highest BCUT2D eigenvalue weighted by molar-refractivity contribution is 7.11. The van der Waals surface area contributed by atoms with Gasteiger partial charge in [0.2, 0.25) is 0 Å². The fraction of sp³-hybridized carbons (Fsp3) is 0.722. The Bertz CT molecular complexity index is 600. The van der Waals surface area contributed by atoms with E-state index in [1.165, 1.54) is 37.0 Å². The molecule has 0 aromatic carbocycles. The van der Waals surface area contributed by atoms with E-state index in [1.807, 2.05) is 6.92 Å². The summed E-state index contributed by atoms with van der Waals surface area (Å²) in [6, 6.07) is 0. The summed E-state index contributed by atoms with van der Waals surface area (Å²) in [4.78, 5) is 24.1. The van der Waals surface area contributed by atoms with Crippen molar-refractivity contribution in [1.82, 2.24) is 20.5 Å². The summed E-state index contributed by atoms with van der Waals surface area (Å²) in [7, 11) is 0. The van der Waals surface area contributed by atoms with Gasteiger partial charge in [0.25, 0.3) is 5.91 Å². The zero-order chi connectivity index (χ0) is 17.6. The Morgan fingerprint density at radius 1 is 1.32 bits per heavy atom. The first-order valence-electron chi connectivity index (χ1n) is 9.40. The number of fused-ring (bicyclic) bond motifs is 1. The van der Waals surface area contributed by atoms with E-state index < -0.39 is 0 Å². The van der Waals surface area contributed by atoms with Crippen molar-refractivity contribution in [2.24, 2.45) is 16.8 Å². The summed E-state index contributed by atoms with van der Waals surface area (Å²) in [6.07, 6.45) is 5.49. The number of guanidine groups is 1. The Hall–Kier alpha value is -1.63. The van der Waals surface area contributed by atoms with Crippen LogP contribution in [0.1, 0.15) is 48.0 Å². The fourth-order valence-electron chi connectivity index (χ4n) is 3.94. The summed E-state index contributed by atoms with van der Waals surface area (Å²) < 4.78 is 0. The zero-order valence-electron chi connectivity index (χ0n) is 15.3. The van der Waals surface area contributed by atoms with Crippen molar-refractivity contribution in [3.63, 3.8) is 0 Å². The first-order valence-corrected chi connectivity index (χ1v) is 10.3. The molecule has 7 heteroatoms. The van der Waals surface area contributed by atoms with Crippen LogP contribution >= 0.6 is 11.3 Å². The molecule has 0 radical (unpaired) electrons. The number of carbonyl (C=O) groups excluding carboxylic acids is 1. The molecule has 1 aliphatic carbocycles. The van der Waals surface area contributed by atoms with Gasteiger partial charge < -0.3 is 15.5 Å². The van der Waals surface area contributed by atoms with Crippen molar-refractivity contribution < 1.29 is 4.79 Å². The molecule has 0 bridgehead atoms. The molecule has 2 atom stereocenters. The highest BCUT2D eigenvalue weighted by atomic mass is 32.1. The number of nitrogens with one attached hydrogen (secondary N) is 2. The van der Waals surface area contributed by atoms with Gasteiger partial charge in [-0.3, -0.25) is 9.79 Å². The van der Waals surface area contributed by atoms with Crippen LogP contribution in [0.4, 0.5) is 0 Å². The van der Waals surface area contributed by atoms with Crippen molar-refractivity contribution >= 4 is 23.2 Å². The average molecular weight is 364 g/mol. The zero-order valence-corrected chi connectivity index (χ0v) is 16.1. The third-order valence-corrected chi connectivity index (χ3v) is 6.15. The number of rotatable bonds is 5. The van der Waals surface area contributed by atoms with Gasteiger partial charge in [0.05, 0.1) is 17.7 Å². The fourth-order valence-corrected chi connectivity index (χ4v) is 4.65. The van der Waals surface area contributed by atoms with Gasteiger partial charge in [0, 0.05) is 26.2 Å². The monoisotopic (exact) mass is 363 g/mol. The van der Waals surface area contributed by atoms with E-state index >= 15 is 0 Å². The molecule has 1 saturated carbocycles. The van der Waals surface area contributed by atoms with Gasteiger partial charge in [-0.1, -0.05) is 12.8 Å². The molecule has 2 N–H and O–H groups in total. The third-order valence-electron chi connectivity index (χ3n) is 5.22. The van der Waals surface area contributed by atoms with Crippen LogP contribution < -0.4 is 10.6 Å². The van der Waals surface area contributed by atoms with Crippen LogP contribution in [-0.4, -0.2) is 54.5 Å². The van der Waals surface area contributed by atoms with Crippen molar-refractivity contribution in [1.29, 1.82) is 0 Å². The maximum Gasteiger partial charge on any atom is 0.263 e. The molecule has 6 nitrogen and oxygen atoms in total. The number of aryl methyl sites for hydroxylation is 1. The normalized spacial score (nSPS) is 23.4. The van der Waals surface area contributed by atoms with Crippen LogP contribution in [-0.2, 0) is 0 Å². The van der Waals surface area contributed by atoms with Crippen LogP contribution in [0.5, 0.6) is 0 Å². The Morgan fingerprint density at radius 3 is 2.64 bits per heavy atom. The third kappa shape index (κ3) is 4.51. The topological polar surface area (TPSA) is 69.6 Å². The number of hydrogen-bond acceptors (Lipinski definition) is 4. The summed E-state index contributed by atoms with van der Waals surface area (Å²) in [5.74, 6) is 2.63. The maximum atomic E-state index is 12.1. The highest BCUT2D eigenvalue weighted by Gasteiger charge is 2.35. The molecule has 138 valence electrons.